The van der Waals surface area contributed by atoms with Gasteiger partial charge in [0.15, 0.2) is 0 Å². The number of benzene rings is 2. The Morgan fingerprint density at radius 1 is 0.870 bits per heavy atom. The van der Waals surface area contributed by atoms with Crippen LogP contribution in [0, 0.1) is 0 Å². The van der Waals surface area contributed by atoms with Gasteiger partial charge in [-0.2, -0.15) is 0 Å². The lowest BCUT2D eigenvalue weighted by atomic mass is 9.75. The van der Waals surface area contributed by atoms with Crippen LogP contribution in [0.4, 0.5) is 0 Å². The highest BCUT2D eigenvalue weighted by Gasteiger charge is 2.52. The van der Waals surface area contributed by atoms with Gasteiger partial charge < -0.3 is 9.31 Å². The van der Waals surface area contributed by atoms with Crippen molar-refractivity contribution in [3.63, 3.8) is 0 Å². The third-order valence-corrected chi connectivity index (χ3v) is 5.29. The minimum Gasteiger partial charge on any atom is -0.399 e. The summed E-state index contributed by atoms with van der Waals surface area (Å²) in [4.78, 5) is 0. The molecule has 3 heteroatoms. The standard InChI is InChI=1S/C20H27BO2/c1-18(2,3)15-12-11-14-9-8-10-17(16(14)13-15)21-22-19(4,5)20(6,7)23-21/h8-13H,1-7H3. The summed E-state index contributed by atoms with van der Waals surface area (Å²) in [6.45, 7) is 15.1. The van der Waals surface area contributed by atoms with Crippen molar-refractivity contribution >= 4 is 23.4 Å². The molecule has 0 unspecified atom stereocenters. The van der Waals surface area contributed by atoms with Gasteiger partial charge in [-0.3, -0.25) is 0 Å². The molecule has 0 N–H and O–H groups in total. The first-order chi connectivity index (χ1) is 10.5. The summed E-state index contributed by atoms with van der Waals surface area (Å²) in [6.07, 6.45) is 0. The molecule has 3 rings (SSSR count). The number of hydrogen-bond acceptors (Lipinski definition) is 2. The highest BCUT2D eigenvalue weighted by atomic mass is 16.7. The van der Waals surface area contributed by atoms with E-state index < -0.39 is 0 Å². The zero-order valence-corrected chi connectivity index (χ0v) is 15.4. The average Bonchev–Trinajstić information content (AvgIpc) is 2.65. The van der Waals surface area contributed by atoms with Crippen molar-refractivity contribution in [2.75, 3.05) is 0 Å². The van der Waals surface area contributed by atoms with Gasteiger partial charge in [-0.1, -0.05) is 57.2 Å². The van der Waals surface area contributed by atoms with E-state index in [0.29, 0.717) is 0 Å². The van der Waals surface area contributed by atoms with Crippen molar-refractivity contribution in [3.05, 3.63) is 42.0 Å². The van der Waals surface area contributed by atoms with Crippen molar-refractivity contribution in [1.82, 2.24) is 0 Å². The Labute approximate surface area is 140 Å². The van der Waals surface area contributed by atoms with E-state index in [9.17, 15) is 0 Å². The molecular formula is C20H27BO2. The lowest BCUT2D eigenvalue weighted by Gasteiger charge is -2.32. The molecule has 2 aromatic rings. The van der Waals surface area contributed by atoms with Crippen molar-refractivity contribution in [2.45, 2.75) is 65.1 Å². The van der Waals surface area contributed by atoms with Gasteiger partial charge in [-0.25, -0.2) is 0 Å². The van der Waals surface area contributed by atoms with Crippen LogP contribution >= 0.6 is 0 Å². The molecule has 0 atom stereocenters. The Hall–Kier alpha value is -1.32. The van der Waals surface area contributed by atoms with E-state index in [2.05, 4.69) is 84.9 Å². The summed E-state index contributed by atoms with van der Waals surface area (Å²) in [7, 11) is -0.320. The Morgan fingerprint density at radius 2 is 1.48 bits per heavy atom. The Balaban J connectivity index is 2.12. The first-order valence-corrected chi connectivity index (χ1v) is 8.40. The maximum Gasteiger partial charge on any atom is 0.495 e. The molecule has 1 heterocycles. The van der Waals surface area contributed by atoms with E-state index in [1.54, 1.807) is 0 Å². The maximum atomic E-state index is 6.26. The van der Waals surface area contributed by atoms with Crippen LogP contribution in [-0.2, 0) is 14.7 Å². The molecule has 122 valence electrons. The summed E-state index contributed by atoms with van der Waals surface area (Å²) in [6, 6.07) is 13.1. The van der Waals surface area contributed by atoms with E-state index in [-0.39, 0.29) is 23.7 Å². The largest absolute Gasteiger partial charge is 0.495 e. The third kappa shape index (κ3) is 2.81. The van der Waals surface area contributed by atoms with Gasteiger partial charge >= 0.3 is 7.12 Å². The lowest BCUT2D eigenvalue weighted by molar-refractivity contribution is 0.00578. The van der Waals surface area contributed by atoms with Crippen LogP contribution < -0.4 is 5.46 Å². The fourth-order valence-electron chi connectivity index (χ4n) is 2.94. The van der Waals surface area contributed by atoms with E-state index in [1.807, 2.05) is 0 Å². The summed E-state index contributed by atoms with van der Waals surface area (Å²) < 4.78 is 12.5. The molecule has 0 aromatic heterocycles. The van der Waals surface area contributed by atoms with Crippen LogP contribution in [-0.4, -0.2) is 18.3 Å². The molecular weight excluding hydrogens is 283 g/mol. The molecule has 1 aliphatic heterocycles. The van der Waals surface area contributed by atoms with Gasteiger partial charge in [0.05, 0.1) is 11.2 Å². The first kappa shape index (κ1) is 16.5. The van der Waals surface area contributed by atoms with Gasteiger partial charge in [0.2, 0.25) is 0 Å². The van der Waals surface area contributed by atoms with E-state index in [1.165, 1.54) is 16.3 Å². The Morgan fingerprint density at radius 3 is 2.04 bits per heavy atom. The highest BCUT2D eigenvalue weighted by Crippen LogP contribution is 2.37. The molecule has 1 saturated heterocycles. The lowest BCUT2D eigenvalue weighted by Crippen LogP contribution is -2.41. The fourth-order valence-corrected chi connectivity index (χ4v) is 2.94. The molecule has 23 heavy (non-hydrogen) atoms. The smallest absolute Gasteiger partial charge is 0.399 e. The summed E-state index contributed by atoms with van der Waals surface area (Å²) in [5.41, 5.74) is 1.93. The normalized spacial score (nSPS) is 20.2. The minimum atomic E-state index is -0.320. The molecule has 0 aliphatic carbocycles. The average molecular weight is 310 g/mol. The quantitative estimate of drug-likeness (QED) is 0.725. The summed E-state index contributed by atoms with van der Waals surface area (Å²) in [5, 5.41) is 2.45. The van der Waals surface area contributed by atoms with Gasteiger partial charge in [0.25, 0.3) is 0 Å². The highest BCUT2D eigenvalue weighted by molar-refractivity contribution is 6.65. The van der Waals surface area contributed by atoms with E-state index in [4.69, 9.17) is 9.31 Å². The summed E-state index contributed by atoms with van der Waals surface area (Å²) >= 11 is 0. The number of rotatable bonds is 1. The van der Waals surface area contributed by atoms with Crippen molar-refractivity contribution < 1.29 is 9.31 Å². The second-order valence-corrected chi connectivity index (χ2v) is 8.62. The fraction of sp³-hybridized carbons (Fsp3) is 0.500. The van der Waals surface area contributed by atoms with Crippen LogP contribution in [0.1, 0.15) is 54.0 Å². The molecule has 0 saturated carbocycles. The van der Waals surface area contributed by atoms with Crippen molar-refractivity contribution in [2.24, 2.45) is 0 Å². The zero-order chi connectivity index (χ0) is 17.0. The van der Waals surface area contributed by atoms with Gasteiger partial charge in [-0.05, 0) is 54.9 Å². The van der Waals surface area contributed by atoms with E-state index in [0.717, 1.165) is 5.46 Å². The molecule has 1 fully saturated rings. The Kier molecular flexibility index (Phi) is 3.66. The van der Waals surface area contributed by atoms with Crippen LogP contribution in [0.3, 0.4) is 0 Å². The molecule has 2 nitrogen and oxygen atoms in total. The van der Waals surface area contributed by atoms with Crippen LogP contribution in [0.5, 0.6) is 0 Å². The Bertz CT molecular complexity index is 725. The van der Waals surface area contributed by atoms with Crippen molar-refractivity contribution in [3.8, 4) is 0 Å². The molecule has 1 aliphatic rings. The summed E-state index contributed by atoms with van der Waals surface area (Å²) in [5.74, 6) is 0. The van der Waals surface area contributed by atoms with E-state index >= 15 is 0 Å². The second-order valence-electron chi connectivity index (χ2n) is 8.62. The SMILES string of the molecule is CC(C)(C)c1ccc2cccc(B3OC(C)(C)C(C)(C)O3)c2c1. The minimum absolute atomic E-state index is 0.122. The zero-order valence-electron chi connectivity index (χ0n) is 15.4. The third-order valence-electron chi connectivity index (χ3n) is 5.29. The number of hydrogen-bond donors (Lipinski definition) is 0. The molecule has 0 amide bonds. The predicted octanol–water partition coefficient (Wildman–Crippen LogP) is 4.44. The van der Waals surface area contributed by atoms with Crippen molar-refractivity contribution in [1.29, 1.82) is 0 Å². The monoisotopic (exact) mass is 310 g/mol. The predicted molar refractivity (Wildman–Crippen MR) is 98.4 cm³/mol. The molecule has 0 bridgehead atoms. The topological polar surface area (TPSA) is 18.5 Å². The van der Waals surface area contributed by atoms with Crippen LogP contribution in [0.2, 0.25) is 0 Å². The first-order valence-electron chi connectivity index (χ1n) is 8.40. The molecule has 0 radical (unpaired) electrons. The van der Waals surface area contributed by atoms with Gasteiger partial charge in [-0.15, -0.1) is 0 Å². The molecule has 2 aromatic carbocycles. The second kappa shape index (κ2) is 5.09. The maximum absolute atomic E-state index is 6.26. The molecule has 0 spiro atoms. The van der Waals surface area contributed by atoms with Crippen LogP contribution in [0.15, 0.2) is 36.4 Å². The number of fused-ring (bicyclic) bond motifs is 1. The van der Waals surface area contributed by atoms with Crippen LogP contribution in [0.25, 0.3) is 10.8 Å². The van der Waals surface area contributed by atoms with Gasteiger partial charge in [0.1, 0.15) is 0 Å². The van der Waals surface area contributed by atoms with Gasteiger partial charge in [0, 0.05) is 0 Å².